The van der Waals surface area contributed by atoms with Gasteiger partial charge in [-0.15, -0.1) is 0 Å². The third-order valence-electron chi connectivity index (χ3n) is 3.58. The van der Waals surface area contributed by atoms with Gasteiger partial charge >= 0.3 is 6.03 Å². The molecule has 0 radical (unpaired) electrons. The Bertz CT molecular complexity index is 469. The van der Waals surface area contributed by atoms with Crippen LogP contribution in [0.25, 0.3) is 0 Å². The molecule has 0 aromatic heterocycles. The predicted molar refractivity (Wildman–Crippen MR) is 76.3 cm³/mol. The first-order valence-corrected chi connectivity index (χ1v) is 6.99. The van der Waals surface area contributed by atoms with E-state index in [2.05, 4.69) is 0 Å². The molecule has 10 nitrogen and oxygen atoms in total. The van der Waals surface area contributed by atoms with Gasteiger partial charge < -0.3 is 4.90 Å². The minimum Gasteiger partial charge on any atom is -0.312 e. The Morgan fingerprint density at radius 2 is 1.91 bits per heavy atom. The molecule has 1 rings (SSSR count). The average Bonchev–Trinajstić information content (AvgIpc) is 2.74. The van der Waals surface area contributed by atoms with Crippen LogP contribution in [0.15, 0.2) is 0 Å². The Hall–Kier alpha value is -2.20. The number of hydrazine groups is 2. The normalized spacial score (nSPS) is 19.4. The van der Waals surface area contributed by atoms with Crippen LogP contribution in [0.2, 0.25) is 0 Å². The summed E-state index contributed by atoms with van der Waals surface area (Å²) in [6.07, 6.45) is 0.418. The maximum absolute atomic E-state index is 12.3. The average molecular weight is 314 g/mol. The fourth-order valence-corrected chi connectivity index (χ4v) is 2.30. The third kappa shape index (κ3) is 3.71. The quantitative estimate of drug-likeness (QED) is 0.185. The second kappa shape index (κ2) is 7.71. The fourth-order valence-electron chi connectivity index (χ4n) is 2.30. The maximum Gasteiger partial charge on any atom is 0.327 e. The number of carbonyl (C=O) groups is 4. The van der Waals surface area contributed by atoms with Crippen molar-refractivity contribution in [2.45, 2.75) is 32.7 Å². The highest BCUT2D eigenvalue weighted by Gasteiger charge is 2.44. The van der Waals surface area contributed by atoms with Crippen LogP contribution in [0.1, 0.15) is 26.7 Å². The van der Waals surface area contributed by atoms with Crippen LogP contribution >= 0.6 is 0 Å². The number of amides is 5. The van der Waals surface area contributed by atoms with E-state index in [0.717, 1.165) is 4.90 Å². The number of nitrogens with one attached hydrogen (secondary N) is 2. The van der Waals surface area contributed by atoms with Crippen molar-refractivity contribution in [2.24, 2.45) is 17.6 Å². The highest BCUT2D eigenvalue weighted by molar-refractivity contribution is 6.04. The van der Waals surface area contributed by atoms with Crippen molar-refractivity contribution in [3.8, 4) is 0 Å². The van der Waals surface area contributed by atoms with Gasteiger partial charge in [-0.25, -0.2) is 16.5 Å². The van der Waals surface area contributed by atoms with E-state index >= 15 is 0 Å². The summed E-state index contributed by atoms with van der Waals surface area (Å²) < 4.78 is 0. The van der Waals surface area contributed by atoms with Gasteiger partial charge in [-0.2, -0.15) is 0 Å². The van der Waals surface area contributed by atoms with E-state index < -0.39 is 29.8 Å². The van der Waals surface area contributed by atoms with Crippen molar-refractivity contribution in [3.63, 3.8) is 0 Å². The Labute approximate surface area is 128 Å². The number of urea groups is 1. The Kier molecular flexibility index (Phi) is 6.25. The second-order valence-electron chi connectivity index (χ2n) is 5.08. The molecule has 1 aliphatic heterocycles. The van der Waals surface area contributed by atoms with E-state index in [-0.39, 0.29) is 25.4 Å². The van der Waals surface area contributed by atoms with Gasteiger partial charge in [0.2, 0.25) is 11.8 Å². The lowest BCUT2D eigenvalue weighted by atomic mass is 10.1. The molecule has 10 heteroatoms. The SMILES string of the molecule is CCC1C(=O)N(CC(C)C(=O)NN)C(=O)N1CCC(=O)NN. The summed E-state index contributed by atoms with van der Waals surface area (Å²) in [4.78, 5) is 49.6. The van der Waals surface area contributed by atoms with E-state index in [9.17, 15) is 19.2 Å². The van der Waals surface area contributed by atoms with Gasteiger partial charge in [0.15, 0.2) is 0 Å². The molecule has 0 spiro atoms. The van der Waals surface area contributed by atoms with Gasteiger partial charge in [0.25, 0.3) is 5.91 Å². The zero-order chi connectivity index (χ0) is 16.9. The lowest BCUT2D eigenvalue weighted by molar-refractivity contribution is -0.130. The molecule has 0 bridgehead atoms. The fraction of sp³-hybridized carbons (Fsp3) is 0.667. The molecule has 124 valence electrons. The molecule has 5 amide bonds. The molecule has 1 fully saturated rings. The summed E-state index contributed by atoms with van der Waals surface area (Å²) in [5, 5.41) is 0. The smallest absolute Gasteiger partial charge is 0.312 e. The van der Waals surface area contributed by atoms with Crippen LogP contribution in [0.4, 0.5) is 4.79 Å². The maximum atomic E-state index is 12.3. The summed E-state index contributed by atoms with van der Waals surface area (Å²) in [6, 6.07) is -1.15. The van der Waals surface area contributed by atoms with Gasteiger partial charge in [0.05, 0.1) is 5.92 Å². The summed E-state index contributed by atoms with van der Waals surface area (Å²) in [5.74, 6) is 8.14. The van der Waals surface area contributed by atoms with Crippen LogP contribution < -0.4 is 22.5 Å². The Morgan fingerprint density at radius 3 is 2.41 bits per heavy atom. The van der Waals surface area contributed by atoms with Crippen molar-refractivity contribution in [3.05, 3.63) is 0 Å². The minimum atomic E-state index is -0.633. The molecule has 2 unspecified atom stereocenters. The van der Waals surface area contributed by atoms with Crippen molar-refractivity contribution >= 4 is 23.8 Å². The van der Waals surface area contributed by atoms with E-state index in [1.807, 2.05) is 10.9 Å². The lowest BCUT2D eigenvalue weighted by Gasteiger charge is -2.20. The first kappa shape index (κ1) is 17.9. The lowest BCUT2D eigenvalue weighted by Crippen LogP contribution is -2.43. The first-order chi connectivity index (χ1) is 10.4. The van der Waals surface area contributed by atoms with Crippen LogP contribution in [0, 0.1) is 5.92 Å². The third-order valence-corrected chi connectivity index (χ3v) is 3.58. The zero-order valence-electron chi connectivity index (χ0n) is 12.7. The zero-order valence-corrected chi connectivity index (χ0v) is 12.7. The van der Waals surface area contributed by atoms with E-state index in [4.69, 9.17) is 11.7 Å². The van der Waals surface area contributed by atoms with Crippen LogP contribution in [0.5, 0.6) is 0 Å². The molecule has 1 heterocycles. The number of nitrogens with two attached hydrogens (primary N) is 2. The molecular weight excluding hydrogens is 292 g/mol. The molecule has 0 aromatic rings. The number of carbonyl (C=O) groups excluding carboxylic acids is 4. The number of hydrogen-bond donors (Lipinski definition) is 4. The number of rotatable bonds is 7. The molecule has 1 aliphatic rings. The van der Waals surface area contributed by atoms with Gasteiger partial charge in [-0.3, -0.25) is 30.1 Å². The number of imide groups is 1. The summed E-state index contributed by atoms with van der Waals surface area (Å²) in [5.41, 5.74) is 3.96. The highest BCUT2D eigenvalue weighted by atomic mass is 16.2. The highest BCUT2D eigenvalue weighted by Crippen LogP contribution is 2.21. The summed E-state index contributed by atoms with van der Waals surface area (Å²) in [6.45, 7) is 3.36. The van der Waals surface area contributed by atoms with E-state index in [1.165, 1.54) is 4.90 Å². The molecule has 0 aliphatic carbocycles. The van der Waals surface area contributed by atoms with E-state index in [0.29, 0.717) is 6.42 Å². The topological polar surface area (TPSA) is 151 Å². The van der Waals surface area contributed by atoms with Crippen LogP contribution in [-0.2, 0) is 14.4 Å². The Morgan fingerprint density at radius 1 is 1.27 bits per heavy atom. The molecular formula is C12H22N6O4. The van der Waals surface area contributed by atoms with Gasteiger partial charge in [0.1, 0.15) is 6.04 Å². The van der Waals surface area contributed by atoms with Crippen LogP contribution in [0.3, 0.4) is 0 Å². The molecule has 1 saturated heterocycles. The van der Waals surface area contributed by atoms with Crippen LogP contribution in [-0.4, -0.2) is 52.7 Å². The molecule has 0 saturated carbocycles. The largest absolute Gasteiger partial charge is 0.327 e. The molecule has 0 aromatic carbocycles. The molecule has 22 heavy (non-hydrogen) atoms. The van der Waals surface area contributed by atoms with E-state index in [1.54, 1.807) is 13.8 Å². The van der Waals surface area contributed by atoms with Crippen molar-refractivity contribution < 1.29 is 19.2 Å². The van der Waals surface area contributed by atoms with Gasteiger partial charge in [-0.05, 0) is 6.42 Å². The van der Waals surface area contributed by atoms with Gasteiger partial charge in [-0.1, -0.05) is 13.8 Å². The van der Waals surface area contributed by atoms with Crippen molar-refractivity contribution in [2.75, 3.05) is 13.1 Å². The van der Waals surface area contributed by atoms with Gasteiger partial charge in [0, 0.05) is 19.5 Å². The van der Waals surface area contributed by atoms with Crippen molar-refractivity contribution in [1.82, 2.24) is 20.7 Å². The summed E-state index contributed by atoms with van der Waals surface area (Å²) >= 11 is 0. The monoisotopic (exact) mass is 314 g/mol. The predicted octanol–water partition coefficient (Wildman–Crippen LogP) is -1.96. The number of hydrogen-bond acceptors (Lipinski definition) is 6. The first-order valence-electron chi connectivity index (χ1n) is 6.99. The number of nitrogens with zero attached hydrogens (tertiary/aromatic N) is 2. The Balaban J connectivity index is 2.80. The molecule has 2 atom stereocenters. The summed E-state index contributed by atoms with van der Waals surface area (Å²) in [7, 11) is 0. The van der Waals surface area contributed by atoms with Crippen molar-refractivity contribution in [1.29, 1.82) is 0 Å². The standard InChI is InChI=1S/C12H22N6O4/c1-3-8-11(21)18(6-7(2)10(20)16-14)12(22)17(8)5-4-9(19)15-13/h7-8H,3-6,13-14H2,1-2H3,(H,15,19)(H,16,20). The second-order valence-corrected chi connectivity index (χ2v) is 5.08. The minimum absolute atomic E-state index is 0.00129. The molecule has 6 N–H and O–H groups in total.